The Morgan fingerprint density at radius 2 is 1.81 bits per heavy atom. The predicted octanol–water partition coefficient (Wildman–Crippen LogP) is 3.37. The summed E-state index contributed by atoms with van der Waals surface area (Å²) in [6.45, 7) is 2.31. The Morgan fingerprint density at radius 3 is 2.41 bits per heavy atom. The van der Waals surface area contributed by atoms with Crippen molar-refractivity contribution in [3.05, 3.63) is 68.2 Å². The minimum Gasteiger partial charge on any atom is -0.468 e. The highest BCUT2D eigenvalue weighted by atomic mass is 35.5. The van der Waals surface area contributed by atoms with Crippen molar-refractivity contribution in [2.45, 2.75) is 6.04 Å². The van der Waals surface area contributed by atoms with Gasteiger partial charge in [0.15, 0.2) is 0 Å². The van der Waals surface area contributed by atoms with Gasteiger partial charge in [-0.1, -0.05) is 41.4 Å². The highest BCUT2D eigenvalue weighted by Gasteiger charge is 2.32. The lowest BCUT2D eigenvalue weighted by Gasteiger charge is -2.38. The quantitative estimate of drug-likeness (QED) is 0.367. The molecule has 0 spiro atoms. The molecule has 0 aliphatic carbocycles. The molecule has 0 aromatic heterocycles. The summed E-state index contributed by atoms with van der Waals surface area (Å²) < 4.78 is 5.00. The van der Waals surface area contributed by atoms with E-state index in [0.717, 1.165) is 0 Å². The first-order valence-corrected chi connectivity index (χ1v) is 10.6. The highest BCUT2D eigenvalue weighted by molar-refractivity contribution is 6.34. The molecule has 2 aromatic carbocycles. The minimum absolute atomic E-state index is 0.0954. The van der Waals surface area contributed by atoms with Crippen LogP contribution in [-0.2, 0) is 14.3 Å². The van der Waals surface area contributed by atoms with E-state index in [1.807, 2.05) is 15.9 Å². The topological polar surface area (TPSA) is 105 Å². The number of benzene rings is 2. The van der Waals surface area contributed by atoms with Gasteiger partial charge < -0.3 is 10.1 Å². The first-order valence-electron chi connectivity index (χ1n) is 9.82. The number of halogens is 2. The molecule has 1 saturated heterocycles. The average Bonchev–Trinajstić information content (AvgIpc) is 2.77. The number of nitro groups is 1. The molecule has 0 saturated carbocycles. The SMILES string of the molecule is COC(=O)C(c1ccccc1Cl)N1CCN(CC(=O)Nc2ccc([N+](=O)[O-])cc2Cl)CC1. The molecule has 32 heavy (non-hydrogen) atoms. The summed E-state index contributed by atoms with van der Waals surface area (Å²) in [4.78, 5) is 39.1. The predicted molar refractivity (Wildman–Crippen MR) is 121 cm³/mol. The molecule has 1 fully saturated rings. The second-order valence-corrected chi connectivity index (χ2v) is 8.04. The maximum Gasteiger partial charge on any atom is 0.327 e. The summed E-state index contributed by atoms with van der Waals surface area (Å²) in [5.41, 5.74) is 0.841. The number of carbonyl (C=O) groups is 2. The Hall–Kier alpha value is -2.72. The van der Waals surface area contributed by atoms with E-state index in [4.69, 9.17) is 27.9 Å². The van der Waals surface area contributed by atoms with Crippen LogP contribution >= 0.6 is 23.2 Å². The number of nitrogens with zero attached hydrogens (tertiary/aromatic N) is 3. The summed E-state index contributed by atoms with van der Waals surface area (Å²) in [5.74, 6) is -0.679. The molecule has 0 radical (unpaired) electrons. The summed E-state index contributed by atoms with van der Waals surface area (Å²) in [7, 11) is 1.34. The van der Waals surface area contributed by atoms with Crippen molar-refractivity contribution in [2.24, 2.45) is 0 Å². The molecular weight excluding hydrogens is 459 g/mol. The van der Waals surface area contributed by atoms with Crippen molar-refractivity contribution < 1.29 is 19.2 Å². The zero-order valence-corrected chi connectivity index (χ0v) is 18.8. The van der Waals surface area contributed by atoms with Gasteiger partial charge >= 0.3 is 5.97 Å². The number of hydrogen-bond donors (Lipinski definition) is 1. The number of carbonyl (C=O) groups excluding carboxylic acids is 2. The van der Waals surface area contributed by atoms with Crippen molar-refractivity contribution in [3.63, 3.8) is 0 Å². The van der Waals surface area contributed by atoms with Gasteiger partial charge in [-0.3, -0.25) is 24.7 Å². The Morgan fingerprint density at radius 1 is 1.12 bits per heavy atom. The van der Waals surface area contributed by atoms with Crippen molar-refractivity contribution in [3.8, 4) is 0 Å². The molecule has 1 atom stereocenters. The van der Waals surface area contributed by atoms with Gasteiger partial charge in [-0.2, -0.15) is 0 Å². The molecule has 3 rings (SSSR count). The van der Waals surface area contributed by atoms with Gasteiger partial charge in [0, 0.05) is 43.3 Å². The number of nitrogens with one attached hydrogen (secondary N) is 1. The van der Waals surface area contributed by atoms with Crippen molar-refractivity contribution in [1.29, 1.82) is 0 Å². The van der Waals surface area contributed by atoms with Crippen molar-refractivity contribution in [2.75, 3.05) is 45.2 Å². The second-order valence-electron chi connectivity index (χ2n) is 7.23. The number of nitro benzene ring substituents is 1. The lowest BCUT2D eigenvalue weighted by molar-refractivity contribution is -0.384. The smallest absolute Gasteiger partial charge is 0.327 e. The number of non-ortho nitro benzene ring substituents is 1. The molecule has 170 valence electrons. The summed E-state index contributed by atoms with van der Waals surface area (Å²) >= 11 is 12.3. The highest BCUT2D eigenvalue weighted by Crippen LogP contribution is 2.30. The van der Waals surface area contributed by atoms with Crippen LogP contribution in [-0.4, -0.2) is 66.4 Å². The van der Waals surface area contributed by atoms with Crippen molar-refractivity contribution >= 4 is 46.5 Å². The third-order valence-electron chi connectivity index (χ3n) is 5.20. The molecule has 1 amide bonds. The zero-order valence-electron chi connectivity index (χ0n) is 17.3. The van der Waals surface area contributed by atoms with Crippen LogP contribution in [0.1, 0.15) is 11.6 Å². The molecule has 1 aliphatic heterocycles. The molecule has 2 aromatic rings. The summed E-state index contributed by atoms with van der Waals surface area (Å²) in [6.07, 6.45) is 0. The molecule has 9 nitrogen and oxygen atoms in total. The minimum atomic E-state index is -0.622. The molecule has 1 heterocycles. The number of piperazine rings is 1. The van der Waals surface area contributed by atoms with Gasteiger partial charge in [-0.05, 0) is 17.7 Å². The van der Waals surface area contributed by atoms with Crippen LogP contribution in [0.5, 0.6) is 0 Å². The number of ether oxygens (including phenoxy) is 1. The van der Waals surface area contributed by atoms with Crippen LogP contribution < -0.4 is 5.32 Å². The molecular formula is C21H22Cl2N4O5. The van der Waals surface area contributed by atoms with Crippen molar-refractivity contribution in [1.82, 2.24) is 9.80 Å². The lowest BCUT2D eigenvalue weighted by Crippen LogP contribution is -2.51. The number of amides is 1. The third-order valence-corrected chi connectivity index (χ3v) is 5.86. The summed E-state index contributed by atoms with van der Waals surface area (Å²) in [6, 6.07) is 10.4. The third kappa shape index (κ3) is 5.74. The fraction of sp³-hybridized carbons (Fsp3) is 0.333. The van der Waals surface area contributed by atoms with Crippen LogP contribution in [0.2, 0.25) is 10.0 Å². The number of anilines is 1. The van der Waals surface area contributed by atoms with Gasteiger partial charge in [-0.25, -0.2) is 4.79 Å². The Balaban J connectivity index is 1.59. The van der Waals surface area contributed by atoms with E-state index in [0.29, 0.717) is 42.5 Å². The largest absolute Gasteiger partial charge is 0.468 e. The maximum atomic E-state index is 12.5. The summed E-state index contributed by atoms with van der Waals surface area (Å²) in [5, 5.41) is 14.1. The normalized spacial score (nSPS) is 15.7. The fourth-order valence-electron chi connectivity index (χ4n) is 3.57. The maximum absolute atomic E-state index is 12.5. The van der Waals surface area contributed by atoms with E-state index in [-0.39, 0.29) is 23.2 Å². The number of esters is 1. The Labute approximate surface area is 195 Å². The first-order chi connectivity index (χ1) is 15.3. The molecule has 1 aliphatic rings. The van der Waals surface area contributed by atoms with Gasteiger partial charge in [0.05, 0.1) is 29.3 Å². The number of hydrogen-bond acceptors (Lipinski definition) is 7. The zero-order chi connectivity index (χ0) is 23.3. The van der Waals surface area contributed by atoms with Gasteiger partial charge in [-0.15, -0.1) is 0 Å². The fourth-order valence-corrected chi connectivity index (χ4v) is 4.03. The van der Waals surface area contributed by atoms with Crippen LogP contribution in [0, 0.1) is 10.1 Å². The molecule has 11 heteroatoms. The van der Waals surface area contributed by atoms with Crippen LogP contribution in [0.25, 0.3) is 0 Å². The van der Waals surface area contributed by atoms with Gasteiger partial charge in [0.1, 0.15) is 6.04 Å². The van der Waals surface area contributed by atoms with E-state index in [9.17, 15) is 19.7 Å². The second kappa shape index (κ2) is 10.7. The average molecular weight is 481 g/mol. The molecule has 0 bridgehead atoms. The van der Waals surface area contributed by atoms with Gasteiger partial charge in [0.25, 0.3) is 5.69 Å². The standard InChI is InChI=1S/C21H22Cl2N4O5/c1-32-21(29)20(15-4-2-3-5-16(15)22)26-10-8-25(9-11-26)13-19(28)24-18-7-6-14(27(30)31)12-17(18)23/h2-7,12,20H,8-11,13H2,1H3,(H,24,28). The Bertz CT molecular complexity index is 1010. The first kappa shape index (κ1) is 23.9. The number of methoxy groups -OCH3 is 1. The van der Waals surface area contributed by atoms with Gasteiger partial charge in [0.2, 0.25) is 5.91 Å². The lowest BCUT2D eigenvalue weighted by atomic mass is 10.0. The van der Waals surface area contributed by atoms with Crippen LogP contribution in [0.4, 0.5) is 11.4 Å². The van der Waals surface area contributed by atoms with E-state index in [2.05, 4.69) is 5.32 Å². The molecule has 1 N–H and O–H groups in total. The van der Waals surface area contributed by atoms with Crippen LogP contribution in [0.15, 0.2) is 42.5 Å². The van der Waals surface area contributed by atoms with E-state index in [1.165, 1.54) is 25.3 Å². The van der Waals surface area contributed by atoms with E-state index in [1.54, 1.807) is 18.2 Å². The monoisotopic (exact) mass is 480 g/mol. The number of rotatable bonds is 7. The Kier molecular flexibility index (Phi) is 8.03. The van der Waals surface area contributed by atoms with Crippen LogP contribution in [0.3, 0.4) is 0 Å². The van der Waals surface area contributed by atoms with E-state index < -0.39 is 16.9 Å². The molecule has 1 unspecified atom stereocenters. The van der Waals surface area contributed by atoms with E-state index >= 15 is 0 Å².